The van der Waals surface area contributed by atoms with E-state index in [1.54, 1.807) is 0 Å². The average Bonchev–Trinajstić information content (AvgIpc) is 4.24. The topological polar surface area (TPSA) is 15.7 Å². The fourth-order valence-corrected chi connectivity index (χ4v) is 13.5. The minimum Gasteiger partial charge on any atom is -0.457 e. The largest absolute Gasteiger partial charge is 0.457 e. The highest BCUT2D eigenvalue weighted by molar-refractivity contribution is 6.00. The number of ether oxygens (including phenoxy) is 1. The average molecular weight is 985 g/mol. The summed E-state index contributed by atoms with van der Waals surface area (Å²) in [7, 11) is 0. The lowest BCUT2D eigenvalue weighted by Crippen LogP contribution is -2.34. The van der Waals surface area contributed by atoms with Crippen molar-refractivity contribution < 1.29 is 4.74 Å². The van der Waals surface area contributed by atoms with E-state index in [1.807, 2.05) is 0 Å². The Kier molecular flexibility index (Phi) is 10.5. The maximum Gasteiger partial charge on any atom is 0.132 e. The van der Waals surface area contributed by atoms with Crippen LogP contribution >= 0.6 is 0 Å². The van der Waals surface area contributed by atoms with Crippen LogP contribution in [0.15, 0.2) is 285 Å². The number of allylic oxidation sites excluding steroid dienone is 2. The lowest BCUT2D eigenvalue weighted by Gasteiger charge is -2.39. The second kappa shape index (κ2) is 18.0. The lowest BCUT2D eigenvalue weighted by atomic mass is 9.66. The van der Waals surface area contributed by atoms with Gasteiger partial charge in [0.2, 0.25) is 0 Å². The summed E-state index contributed by atoms with van der Waals surface area (Å²) in [4.78, 5) is 5.04. The van der Waals surface area contributed by atoms with Gasteiger partial charge in [0, 0.05) is 50.9 Å². The van der Waals surface area contributed by atoms with Gasteiger partial charge in [0.15, 0.2) is 0 Å². The van der Waals surface area contributed by atoms with Crippen LogP contribution in [0.25, 0.3) is 55.7 Å². The molecule has 0 saturated heterocycles. The first-order chi connectivity index (χ1) is 38.1. The van der Waals surface area contributed by atoms with Crippen molar-refractivity contribution in [3.8, 4) is 56.0 Å². The Morgan fingerprint density at radius 3 is 1.56 bits per heavy atom. The summed E-state index contributed by atoms with van der Waals surface area (Å²) in [5.74, 6) is 1.99. The summed E-state index contributed by atoms with van der Waals surface area (Å²) in [6.07, 6.45) is 4.74. The van der Waals surface area contributed by atoms with Crippen LogP contribution in [0.5, 0.6) is 11.5 Å². The van der Waals surface area contributed by atoms with Gasteiger partial charge >= 0.3 is 0 Å². The van der Waals surface area contributed by atoms with Crippen molar-refractivity contribution in [1.29, 1.82) is 0 Å². The Morgan fingerprint density at radius 1 is 0.364 bits per heavy atom. The molecule has 3 nitrogen and oxygen atoms in total. The van der Waals surface area contributed by atoms with Crippen LogP contribution < -0.4 is 14.5 Å². The highest BCUT2D eigenvalue weighted by atomic mass is 16.5. The standard InChI is InChI=1S/C74H52N2O/c1-49-55(45-46-63-62-32-14-19-37-70(62)76(73(49)63)52-24-6-3-7-25-52)51-40-42-53(43-41-51)75(69-36-18-13-31-61(69)59-29-11-10-28-58(59)57-27-9-8-26-56(57)50-22-4-2-5-23-50)54-44-47-66-64(48-54)60-30-12-15-33-65(60)74(66)67-34-16-20-38-71(67)77-72-39-21-17-35-68(72)74/h2-49,73H,1H3. The molecule has 0 bridgehead atoms. The van der Waals surface area contributed by atoms with Crippen molar-refractivity contribution in [3.05, 3.63) is 319 Å². The van der Waals surface area contributed by atoms with E-state index >= 15 is 0 Å². The lowest BCUT2D eigenvalue weighted by molar-refractivity contribution is 0.436. The molecular formula is C74H52N2O. The Morgan fingerprint density at radius 2 is 0.857 bits per heavy atom. The number of anilines is 5. The van der Waals surface area contributed by atoms with E-state index in [-0.39, 0.29) is 12.0 Å². The highest BCUT2D eigenvalue weighted by Crippen LogP contribution is 2.63. The Balaban J connectivity index is 0.909. The normalized spacial score (nSPS) is 15.9. The molecule has 3 heteroatoms. The molecule has 0 fully saturated rings. The Labute approximate surface area is 450 Å². The van der Waals surface area contributed by atoms with E-state index in [0.717, 1.165) is 45.3 Å². The molecule has 364 valence electrons. The molecule has 15 rings (SSSR count). The third kappa shape index (κ3) is 6.90. The SMILES string of the molecule is CC1C(c2ccc(N(c3ccc4c(c3)-c3ccccc3C43c4ccccc4Oc4ccccc43)c3ccccc3-c3ccccc3-c3ccccc3-c3ccccc3)cc2)=CC=C2c3ccccc3N(c3ccccc3)C21. The van der Waals surface area contributed by atoms with E-state index in [1.165, 1.54) is 83.7 Å². The summed E-state index contributed by atoms with van der Waals surface area (Å²) in [5, 5.41) is 0. The Bertz CT molecular complexity index is 4130. The fourth-order valence-electron chi connectivity index (χ4n) is 13.5. The van der Waals surface area contributed by atoms with Gasteiger partial charge in [-0.1, -0.05) is 231 Å². The molecule has 11 aromatic carbocycles. The van der Waals surface area contributed by atoms with Crippen LogP contribution in [0.2, 0.25) is 0 Å². The first-order valence-corrected chi connectivity index (χ1v) is 26.9. The molecule has 2 atom stereocenters. The predicted molar refractivity (Wildman–Crippen MR) is 319 cm³/mol. The van der Waals surface area contributed by atoms with Crippen LogP contribution in [0.4, 0.5) is 28.4 Å². The van der Waals surface area contributed by atoms with Crippen LogP contribution in [0, 0.1) is 5.92 Å². The number of benzene rings is 11. The van der Waals surface area contributed by atoms with Gasteiger partial charge in [0.1, 0.15) is 11.5 Å². The molecule has 77 heavy (non-hydrogen) atoms. The second-order valence-corrected chi connectivity index (χ2v) is 20.7. The van der Waals surface area contributed by atoms with Gasteiger partial charge < -0.3 is 14.5 Å². The molecule has 0 aromatic heterocycles. The third-order valence-corrected chi connectivity index (χ3v) is 16.7. The first-order valence-electron chi connectivity index (χ1n) is 26.9. The minimum atomic E-state index is -0.569. The van der Waals surface area contributed by atoms with Crippen molar-refractivity contribution in [2.24, 2.45) is 5.92 Å². The molecular weight excluding hydrogens is 933 g/mol. The van der Waals surface area contributed by atoms with Crippen LogP contribution in [0.1, 0.15) is 40.3 Å². The van der Waals surface area contributed by atoms with Crippen molar-refractivity contribution in [2.75, 3.05) is 9.80 Å². The van der Waals surface area contributed by atoms with E-state index in [2.05, 4.69) is 302 Å². The van der Waals surface area contributed by atoms with Crippen molar-refractivity contribution >= 4 is 39.6 Å². The molecule has 11 aromatic rings. The summed E-state index contributed by atoms with van der Waals surface area (Å²) in [5.41, 5.74) is 24.7. The number of hydrogen-bond donors (Lipinski definition) is 0. The summed E-state index contributed by atoms with van der Waals surface area (Å²) >= 11 is 0. The van der Waals surface area contributed by atoms with Crippen LogP contribution in [0.3, 0.4) is 0 Å². The quantitative estimate of drug-likeness (QED) is 0.151. The van der Waals surface area contributed by atoms with E-state index in [9.17, 15) is 0 Å². The van der Waals surface area contributed by atoms with E-state index in [0.29, 0.717) is 0 Å². The maximum absolute atomic E-state index is 6.70. The molecule has 0 amide bonds. The van der Waals surface area contributed by atoms with Crippen LogP contribution in [-0.2, 0) is 5.41 Å². The molecule has 1 spiro atoms. The zero-order valence-electron chi connectivity index (χ0n) is 42.6. The Hall–Kier alpha value is -9.70. The molecule has 2 unspecified atom stereocenters. The molecule has 2 heterocycles. The van der Waals surface area contributed by atoms with E-state index in [4.69, 9.17) is 4.74 Å². The van der Waals surface area contributed by atoms with Gasteiger partial charge in [0.05, 0.1) is 17.1 Å². The number of para-hydroxylation sites is 5. The van der Waals surface area contributed by atoms with Crippen molar-refractivity contribution in [2.45, 2.75) is 18.4 Å². The van der Waals surface area contributed by atoms with Gasteiger partial charge in [-0.3, -0.25) is 0 Å². The molecule has 0 N–H and O–H groups in total. The van der Waals surface area contributed by atoms with Crippen molar-refractivity contribution in [3.63, 3.8) is 0 Å². The molecule has 0 radical (unpaired) electrons. The van der Waals surface area contributed by atoms with Gasteiger partial charge in [-0.2, -0.15) is 0 Å². The molecule has 0 saturated carbocycles. The van der Waals surface area contributed by atoms with Crippen LogP contribution in [-0.4, -0.2) is 6.04 Å². The smallest absolute Gasteiger partial charge is 0.132 e. The number of fused-ring (bicyclic) bond motifs is 12. The van der Waals surface area contributed by atoms with Gasteiger partial charge in [-0.15, -0.1) is 0 Å². The zero-order valence-corrected chi connectivity index (χ0v) is 42.6. The highest BCUT2D eigenvalue weighted by Gasteiger charge is 2.51. The molecule has 2 aliphatic heterocycles. The first kappa shape index (κ1) is 44.8. The summed E-state index contributed by atoms with van der Waals surface area (Å²) in [6, 6.07) is 100. The molecule has 2 aliphatic carbocycles. The predicted octanol–water partition coefficient (Wildman–Crippen LogP) is 19.3. The number of rotatable bonds is 8. The maximum atomic E-state index is 6.70. The summed E-state index contributed by atoms with van der Waals surface area (Å²) in [6.45, 7) is 2.40. The minimum absolute atomic E-state index is 0.164. The third-order valence-electron chi connectivity index (χ3n) is 16.7. The van der Waals surface area contributed by atoms with Crippen molar-refractivity contribution in [1.82, 2.24) is 0 Å². The summed E-state index contributed by atoms with van der Waals surface area (Å²) < 4.78 is 6.70. The fraction of sp³-hybridized carbons (Fsp3) is 0.0541. The second-order valence-electron chi connectivity index (χ2n) is 20.7. The van der Waals surface area contributed by atoms with Gasteiger partial charge in [-0.25, -0.2) is 0 Å². The van der Waals surface area contributed by atoms with E-state index < -0.39 is 5.41 Å². The number of nitrogens with zero attached hydrogens (tertiary/aromatic N) is 2. The monoisotopic (exact) mass is 984 g/mol. The zero-order chi connectivity index (χ0) is 51.0. The van der Waals surface area contributed by atoms with Gasteiger partial charge in [-0.05, 0) is 127 Å². The van der Waals surface area contributed by atoms with Gasteiger partial charge in [0.25, 0.3) is 0 Å². The molecule has 4 aliphatic rings. The number of hydrogen-bond acceptors (Lipinski definition) is 3.